The fourth-order valence-corrected chi connectivity index (χ4v) is 3.70. The van der Waals surface area contributed by atoms with Gasteiger partial charge in [0.25, 0.3) is 11.6 Å². The number of nitrogens with one attached hydrogen (secondary N) is 2. The zero-order valence-corrected chi connectivity index (χ0v) is 18.4. The molecular formula is C24H24N4O4. The number of nitrogens with zero attached hydrogens (tertiary/aromatic N) is 2. The highest BCUT2D eigenvalue weighted by Crippen LogP contribution is 2.30. The lowest BCUT2D eigenvalue weighted by Crippen LogP contribution is -2.33. The number of benzene rings is 1. The number of furan rings is 1. The molecule has 8 heteroatoms. The summed E-state index contributed by atoms with van der Waals surface area (Å²) in [7, 11) is 0. The third kappa shape index (κ3) is 4.12. The van der Waals surface area contributed by atoms with E-state index in [0.717, 1.165) is 29.0 Å². The van der Waals surface area contributed by atoms with Crippen LogP contribution in [0.3, 0.4) is 0 Å². The van der Waals surface area contributed by atoms with E-state index in [9.17, 15) is 9.59 Å². The molecule has 0 saturated heterocycles. The van der Waals surface area contributed by atoms with Crippen molar-refractivity contribution in [3.05, 3.63) is 64.7 Å². The number of carbonyl (C=O) groups is 2. The van der Waals surface area contributed by atoms with Gasteiger partial charge in [-0.25, -0.2) is 4.98 Å². The van der Waals surface area contributed by atoms with E-state index in [1.54, 1.807) is 13.0 Å². The molecule has 32 heavy (non-hydrogen) atoms. The van der Waals surface area contributed by atoms with E-state index in [1.807, 2.05) is 51.1 Å². The van der Waals surface area contributed by atoms with Crippen molar-refractivity contribution in [1.82, 2.24) is 15.5 Å². The predicted octanol–water partition coefficient (Wildman–Crippen LogP) is 4.34. The molecule has 8 nitrogen and oxygen atoms in total. The van der Waals surface area contributed by atoms with Gasteiger partial charge in [0.05, 0.1) is 28.9 Å². The van der Waals surface area contributed by atoms with Gasteiger partial charge in [0, 0.05) is 11.3 Å². The zero-order valence-electron chi connectivity index (χ0n) is 18.4. The highest BCUT2D eigenvalue weighted by atomic mass is 16.5. The molecular weight excluding hydrogens is 408 g/mol. The maximum Gasteiger partial charge on any atom is 0.259 e. The Balaban J connectivity index is 1.58. The van der Waals surface area contributed by atoms with Gasteiger partial charge in [-0.3, -0.25) is 9.59 Å². The first-order valence-electron chi connectivity index (χ1n) is 10.4. The summed E-state index contributed by atoms with van der Waals surface area (Å²) in [5, 5.41) is 10.0. The van der Waals surface area contributed by atoms with Crippen LogP contribution in [0.5, 0.6) is 0 Å². The molecule has 0 bridgehead atoms. The second-order valence-corrected chi connectivity index (χ2v) is 7.57. The van der Waals surface area contributed by atoms with E-state index >= 15 is 0 Å². The Kier molecular flexibility index (Phi) is 5.77. The molecule has 0 spiro atoms. The fraction of sp³-hybridized carbons (Fsp3) is 0.250. The highest BCUT2D eigenvalue weighted by molar-refractivity contribution is 6.08. The number of amides is 2. The van der Waals surface area contributed by atoms with Crippen molar-refractivity contribution in [2.75, 3.05) is 11.9 Å². The van der Waals surface area contributed by atoms with Gasteiger partial charge in [-0.1, -0.05) is 30.3 Å². The minimum atomic E-state index is -0.415. The van der Waals surface area contributed by atoms with Crippen molar-refractivity contribution in [1.29, 1.82) is 0 Å². The van der Waals surface area contributed by atoms with Gasteiger partial charge in [-0.15, -0.1) is 0 Å². The Labute approximate surface area is 185 Å². The van der Waals surface area contributed by atoms with E-state index in [1.165, 1.54) is 0 Å². The third-order valence-corrected chi connectivity index (χ3v) is 5.26. The van der Waals surface area contributed by atoms with Crippen molar-refractivity contribution in [3.63, 3.8) is 0 Å². The quantitative estimate of drug-likeness (QED) is 0.469. The molecule has 3 heterocycles. The van der Waals surface area contributed by atoms with E-state index in [-0.39, 0.29) is 18.2 Å². The maximum atomic E-state index is 13.1. The van der Waals surface area contributed by atoms with Crippen LogP contribution in [-0.4, -0.2) is 28.5 Å². The second-order valence-electron chi connectivity index (χ2n) is 7.57. The molecule has 3 aromatic heterocycles. The lowest BCUT2D eigenvalue weighted by Gasteiger charge is -2.11. The minimum absolute atomic E-state index is 0.176. The molecule has 0 unspecified atom stereocenters. The van der Waals surface area contributed by atoms with Crippen LogP contribution in [0.2, 0.25) is 0 Å². The molecule has 1 aromatic carbocycles. The molecule has 0 aliphatic carbocycles. The number of aryl methyl sites for hydroxylation is 4. The van der Waals surface area contributed by atoms with Crippen LogP contribution in [0.15, 0.2) is 45.3 Å². The fourth-order valence-electron chi connectivity index (χ4n) is 3.70. The molecule has 4 rings (SSSR count). The Morgan fingerprint density at radius 3 is 2.59 bits per heavy atom. The first kappa shape index (κ1) is 21.3. The van der Waals surface area contributed by atoms with Crippen molar-refractivity contribution < 1.29 is 18.5 Å². The van der Waals surface area contributed by atoms with Crippen molar-refractivity contribution in [2.45, 2.75) is 34.1 Å². The van der Waals surface area contributed by atoms with Crippen LogP contribution >= 0.6 is 0 Å². The van der Waals surface area contributed by atoms with E-state index in [4.69, 9.17) is 8.94 Å². The summed E-state index contributed by atoms with van der Waals surface area (Å²) in [6.07, 6.45) is 0.792. The Morgan fingerprint density at radius 1 is 1.09 bits per heavy atom. The average Bonchev–Trinajstić information content (AvgIpc) is 3.32. The van der Waals surface area contributed by atoms with E-state index < -0.39 is 5.91 Å². The number of anilines is 1. The van der Waals surface area contributed by atoms with Gasteiger partial charge in [0.15, 0.2) is 0 Å². The normalized spacial score (nSPS) is 11.0. The molecule has 2 N–H and O–H groups in total. The molecule has 0 aliphatic heterocycles. The summed E-state index contributed by atoms with van der Waals surface area (Å²) in [6.45, 7) is 7.26. The number of fused-ring (bicyclic) bond motifs is 1. The van der Waals surface area contributed by atoms with E-state index in [0.29, 0.717) is 28.1 Å². The Morgan fingerprint density at radius 2 is 1.88 bits per heavy atom. The van der Waals surface area contributed by atoms with Crippen LogP contribution in [0.4, 0.5) is 5.69 Å². The summed E-state index contributed by atoms with van der Waals surface area (Å²) in [6, 6.07) is 11.1. The first-order chi connectivity index (χ1) is 15.4. The first-order valence-corrected chi connectivity index (χ1v) is 10.4. The van der Waals surface area contributed by atoms with Crippen LogP contribution in [-0.2, 0) is 11.2 Å². The number of para-hydroxylation sites is 1. The predicted molar refractivity (Wildman–Crippen MR) is 120 cm³/mol. The molecule has 0 radical (unpaired) electrons. The summed E-state index contributed by atoms with van der Waals surface area (Å²) in [5.41, 5.74) is 4.21. The molecule has 0 aliphatic rings. The zero-order chi connectivity index (χ0) is 22.8. The monoisotopic (exact) mass is 432 g/mol. The molecule has 0 atom stereocenters. The number of aromatic nitrogens is 2. The van der Waals surface area contributed by atoms with E-state index in [2.05, 4.69) is 20.8 Å². The van der Waals surface area contributed by atoms with Crippen molar-refractivity contribution in [3.8, 4) is 11.3 Å². The van der Waals surface area contributed by atoms with Crippen molar-refractivity contribution in [2.24, 2.45) is 0 Å². The number of rotatable bonds is 6. The standard InChI is InChI=1S/C24H24N4O4/c1-5-16-8-6-7-9-19(16)26-21(29)12-25-23(30)18-11-20(17-10-13(2)31-15(17)4)27-24-22(18)14(3)28-32-24/h6-11H,5,12H2,1-4H3,(H,25,30)(H,26,29). The van der Waals surface area contributed by atoms with Crippen LogP contribution in [0, 0.1) is 20.8 Å². The lowest BCUT2D eigenvalue weighted by atomic mass is 10.1. The molecule has 0 fully saturated rings. The number of hydrogen-bond acceptors (Lipinski definition) is 6. The van der Waals surface area contributed by atoms with Crippen LogP contribution in [0.25, 0.3) is 22.4 Å². The Bertz CT molecular complexity index is 1320. The van der Waals surface area contributed by atoms with Gasteiger partial charge in [-0.2, -0.15) is 0 Å². The molecule has 164 valence electrons. The summed E-state index contributed by atoms with van der Waals surface area (Å²) < 4.78 is 10.9. The summed E-state index contributed by atoms with van der Waals surface area (Å²) >= 11 is 0. The summed E-state index contributed by atoms with van der Waals surface area (Å²) in [4.78, 5) is 30.0. The topological polar surface area (TPSA) is 110 Å². The average molecular weight is 432 g/mol. The van der Waals surface area contributed by atoms with Crippen molar-refractivity contribution >= 4 is 28.6 Å². The molecule has 4 aromatic rings. The van der Waals surface area contributed by atoms with Crippen LogP contribution < -0.4 is 10.6 Å². The number of carbonyl (C=O) groups excluding carboxylic acids is 2. The maximum absolute atomic E-state index is 13.1. The van der Waals surface area contributed by atoms with Crippen LogP contribution in [0.1, 0.15) is 40.1 Å². The SMILES string of the molecule is CCc1ccccc1NC(=O)CNC(=O)c1cc(-c2cc(C)oc2C)nc2onc(C)c12. The van der Waals surface area contributed by atoms with Gasteiger partial charge in [-0.05, 0) is 51.0 Å². The largest absolute Gasteiger partial charge is 0.466 e. The van der Waals surface area contributed by atoms with Gasteiger partial charge in [0.1, 0.15) is 11.5 Å². The van der Waals surface area contributed by atoms with Gasteiger partial charge < -0.3 is 19.6 Å². The molecule has 2 amide bonds. The molecule has 0 saturated carbocycles. The van der Waals surface area contributed by atoms with Gasteiger partial charge >= 0.3 is 0 Å². The van der Waals surface area contributed by atoms with Gasteiger partial charge in [0.2, 0.25) is 5.91 Å². The number of pyridine rings is 1. The Hall–Kier alpha value is -3.94. The third-order valence-electron chi connectivity index (χ3n) is 5.26. The highest BCUT2D eigenvalue weighted by Gasteiger charge is 2.21. The minimum Gasteiger partial charge on any atom is -0.466 e. The smallest absolute Gasteiger partial charge is 0.259 e. The lowest BCUT2D eigenvalue weighted by molar-refractivity contribution is -0.115. The second kappa shape index (κ2) is 8.66. The summed E-state index contributed by atoms with van der Waals surface area (Å²) in [5.74, 6) is 0.698. The number of hydrogen-bond donors (Lipinski definition) is 2.